The van der Waals surface area contributed by atoms with Crippen LogP contribution in [0.5, 0.6) is 0 Å². The summed E-state index contributed by atoms with van der Waals surface area (Å²) in [6, 6.07) is 0.371. The molecule has 1 heterocycles. The van der Waals surface area contributed by atoms with Crippen molar-refractivity contribution in [3.63, 3.8) is 0 Å². The third-order valence-electron chi connectivity index (χ3n) is 2.93. The van der Waals surface area contributed by atoms with Crippen molar-refractivity contribution < 1.29 is 9.53 Å². The molecule has 1 rings (SSSR count). The Balaban J connectivity index is 2.75. The van der Waals surface area contributed by atoms with Crippen molar-refractivity contribution in [1.29, 1.82) is 0 Å². The second-order valence-electron chi connectivity index (χ2n) is 4.12. The summed E-state index contributed by atoms with van der Waals surface area (Å²) in [5, 5.41) is 0. The molecule has 0 aromatic rings. The largest absolute Gasteiger partial charge is 0.378 e. The van der Waals surface area contributed by atoms with Crippen LogP contribution in [0, 0.1) is 0 Å². The van der Waals surface area contributed by atoms with Crippen molar-refractivity contribution in [2.75, 3.05) is 13.2 Å². The first-order chi connectivity index (χ1) is 7.11. The summed E-state index contributed by atoms with van der Waals surface area (Å²) in [7, 11) is 0. The summed E-state index contributed by atoms with van der Waals surface area (Å²) in [5.41, 5.74) is 2.23. The fourth-order valence-electron chi connectivity index (χ4n) is 2.26. The lowest BCUT2D eigenvalue weighted by Crippen LogP contribution is -2.59. The van der Waals surface area contributed by atoms with Crippen LogP contribution in [0.4, 0.5) is 0 Å². The molecule has 1 fully saturated rings. The highest BCUT2D eigenvalue weighted by Crippen LogP contribution is 2.18. The van der Waals surface area contributed by atoms with Gasteiger partial charge >= 0.3 is 0 Å². The fourth-order valence-corrected chi connectivity index (χ4v) is 2.26. The van der Waals surface area contributed by atoms with Crippen LogP contribution in [-0.2, 0) is 9.53 Å². The Hall–Kier alpha value is -0.650. The Morgan fingerprint density at radius 1 is 1.53 bits per heavy atom. The van der Waals surface area contributed by atoms with E-state index in [1.807, 2.05) is 6.92 Å². The lowest BCUT2D eigenvalue weighted by Gasteiger charge is -2.42. The van der Waals surface area contributed by atoms with Gasteiger partial charge in [-0.05, 0) is 20.3 Å². The Morgan fingerprint density at radius 2 is 2.07 bits per heavy atom. The van der Waals surface area contributed by atoms with Crippen molar-refractivity contribution in [2.45, 2.75) is 45.3 Å². The minimum absolute atomic E-state index is 0.113. The Morgan fingerprint density at radius 3 is 2.47 bits per heavy atom. The number of carbonyl (C=O) groups is 1. The number of rotatable bonds is 3. The number of amides is 1. The van der Waals surface area contributed by atoms with Gasteiger partial charge < -0.3 is 4.74 Å². The van der Waals surface area contributed by atoms with Crippen LogP contribution in [0.25, 0.3) is 0 Å². The minimum Gasteiger partial charge on any atom is -0.378 e. The van der Waals surface area contributed by atoms with E-state index in [0.717, 1.165) is 6.42 Å². The molecular weight excluding hydrogens is 194 g/mol. The normalized spacial score (nSPS) is 29.9. The van der Waals surface area contributed by atoms with Gasteiger partial charge in [0.1, 0.15) is 0 Å². The van der Waals surface area contributed by atoms with Crippen LogP contribution in [-0.4, -0.2) is 42.1 Å². The molecule has 0 aromatic heterocycles. The number of hydrogen-bond acceptors (Lipinski definition) is 4. The summed E-state index contributed by atoms with van der Waals surface area (Å²) >= 11 is 0. The number of nitrogens with one attached hydrogen (secondary N) is 1. The van der Waals surface area contributed by atoms with E-state index in [0.29, 0.717) is 13.2 Å². The molecule has 3 unspecified atom stereocenters. The molecule has 0 radical (unpaired) electrons. The van der Waals surface area contributed by atoms with E-state index in [4.69, 9.17) is 10.6 Å². The van der Waals surface area contributed by atoms with Gasteiger partial charge in [-0.25, -0.2) is 5.84 Å². The molecule has 0 aliphatic carbocycles. The van der Waals surface area contributed by atoms with Gasteiger partial charge in [0.15, 0.2) is 0 Å². The molecule has 3 atom stereocenters. The molecule has 15 heavy (non-hydrogen) atoms. The van der Waals surface area contributed by atoms with Gasteiger partial charge in [-0.1, -0.05) is 6.92 Å². The molecule has 3 N–H and O–H groups in total. The molecule has 1 aliphatic rings. The molecular formula is C10H21N3O2. The molecule has 1 amide bonds. The van der Waals surface area contributed by atoms with E-state index in [1.165, 1.54) is 0 Å². The van der Waals surface area contributed by atoms with Crippen LogP contribution < -0.4 is 11.3 Å². The van der Waals surface area contributed by atoms with E-state index in [-0.39, 0.29) is 24.0 Å². The number of nitrogens with two attached hydrogens (primary N) is 1. The highest BCUT2D eigenvalue weighted by molar-refractivity contribution is 5.81. The van der Waals surface area contributed by atoms with E-state index in [2.05, 4.69) is 24.2 Å². The van der Waals surface area contributed by atoms with Gasteiger partial charge in [0, 0.05) is 12.1 Å². The van der Waals surface area contributed by atoms with Crippen LogP contribution in [0.1, 0.15) is 27.2 Å². The first kappa shape index (κ1) is 12.4. The van der Waals surface area contributed by atoms with Crippen molar-refractivity contribution in [3.8, 4) is 0 Å². The van der Waals surface area contributed by atoms with Crippen molar-refractivity contribution >= 4 is 5.91 Å². The van der Waals surface area contributed by atoms with E-state index >= 15 is 0 Å². The number of hydrogen-bond donors (Lipinski definition) is 2. The highest BCUT2D eigenvalue weighted by Gasteiger charge is 2.34. The topological polar surface area (TPSA) is 67.6 Å². The molecule has 0 aromatic carbocycles. The maximum absolute atomic E-state index is 11.6. The van der Waals surface area contributed by atoms with Gasteiger partial charge in [0.25, 0.3) is 5.91 Å². The van der Waals surface area contributed by atoms with Gasteiger partial charge in [-0.3, -0.25) is 15.1 Å². The van der Waals surface area contributed by atoms with Gasteiger partial charge in [0.2, 0.25) is 0 Å². The third kappa shape index (κ3) is 2.68. The molecule has 0 bridgehead atoms. The first-order valence-electron chi connectivity index (χ1n) is 5.47. The van der Waals surface area contributed by atoms with E-state index in [9.17, 15) is 4.79 Å². The first-order valence-corrected chi connectivity index (χ1v) is 5.47. The smallest absolute Gasteiger partial charge is 0.251 e. The second-order valence-corrected chi connectivity index (χ2v) is 4.12. The van der Waals surface area contributed by atoms with Crippen LogP contribution in [0.2, 0.25) is 0 Å². The monoisotopic (exact) mass is 215 g/mol. The van der Waals surface area contributed by atoms with Gasteiger partial charge in [-0.15, -0.1) is 0 Å². The van der Waals surface area contributed by atoms with Crippen molar-refractivity contribution in [2.24, 2.45) is 5.84 Å². The predicted molar refractivity (Wildman–Crippen MR) is 58.0 cm³/mol. The number of carbonyl (C=O) groups excluding carboxylic acids is 1. The summed E-state index contributed by atoms with van der Waals surface area (Å²) < 4.78 is 5.43. The lowest BCUT2D eigenvalue weighted by molar-refractivity contribution is -0.133. The molecule has 1 saturated heterocycles. The molecule has 1 aliphatic heterocycles. The Labute approximate surface area is 90.9 Å². The van der Waals surface area contributed by atoms with Crippen molar-refractivity contribution in [3.05, 3.63) is 0 Å². The fraction of sp³-hybridized carbons (Fsp3) is 0.900. The van der Waals surface area contributed by atoms with E-state index < -0.39 is 0 Å². The van der Waals surface area contributed by atoms with Gasteiger partial charge in [0.05, 0.1) is 19.3 Å². The van der Waals surface area contributed by atoms with E-state index in [1.54, 1.807) is 0 Å². The van der Waals surface area contributed by atoms with Crippen LogP contribution in [0.3, 0.4) is 0 Å². The van der Waals surface area contributed by atoms with Crippen LogP contribution >= 0.6 is 0 Å². The average Bonchev–Trinajstić information content (AvgIpc) is 2.22. The lowest BCUT2D eigenvalue weighted by atomic mass is 10.1. The summed E-state index contributed by atoms with van der Waals surface area (Å²) in [6.07, 6.45) is 0.762. The number of morpholine rings is 1. The summed E-state index contributed by atoms with van der Waals surface area (Å²) in [4.78, 5) is 13.8. The summed E-state index contributed by atoms with van der Waals surface area (Å²) in [5.74, 6) is 5.08. The quantitative estimate of drug-likeness (QED) is 0.391. The molecule has 5 nitrogen and oxygen atoms in total. The van der Waals surface area contributed by atoms with Gasteiger partial charge in [-0.2, -0.15) is 0 Å². The Kier molecular flexibility index (Phi) is 4.50. The summed E-state index contributed by atoms with van der Waals surface area (Å²) in [6.45, 7) is 7.50. The maximum Gasteiger partial charge on any atom is 0.251 e. The van der Waals surface area contributed by atoms with Crippen molar-refractivity contribution in [1.82, 2.24) is 10.3 Å². The average molecular weight is 215 g/mol. The second kappa shape index (κ2) is 5.44. The zero-order valence-electron chi connectivity index (χ0n) is 9.69. The highest BCUT2D eigenvalue weighted by atomic mass is 16.5. The maximum atomic E-state index is 11.6. The molecule has 0 saturated carbocycles. The number of hydrazine groups is 1. The molecule has 5 heteroatoms. The van der Waals surface area contributed by atoms with Crippen LogP contribution in [0.15, 0.2) is 0 Å². The molecule has 0 spiro atoms. The minimum atomic E-state index is -0.149. The SMILES string of the molecule is CCC(C(=O)NN)N1C(C)COCC1C. The zero-order chi connectivity index (χ0) is 11.4. The Bertz CT molecular complexity index is 213. The zero-order valence-corrected chi connectivity index (χ0v) is 9.69. The number of ether oxygens (including phenoxy) is 1. The predicted octanol–water partition coefficient (Wildman–Crippen LogP) is -0.136. The number of nitrogens with zero attached hydrogens (tertiary/aromatic N) is 1. The molecule has 88 valence electrons. The standard InChI is InChI=1S/C10H21N3O2/c1-4-9(10(14)12-11)13-7(2)5-15-6-8(13)3/h7-9H,4-6,11H2,1-3H3,(H,12,14). The third-order valence-corrected chi connectivity index (χ3v) is 2.93.